The molecule has 2 aliphatic rings. The molecule has 0 radical (unpaired) electrons. The molecule has 0 aliphatic carbocycles. The number of nitrogens with zero attached hydrogens (tertiary/aromatic N) is 3. The lowest BCUT2D eigenvalue weighted by Crippen LogP contribution is -2.49. The van der Waals surface area contributed by atoms with E-state index >= 15 is 0 Å². The number of piperidine rings is 1. The van der Waals surface area contributed by atoms with E-state index in [9.17, 15) is 4.39 Å². The predicted octanol–water partition coefficient (Wildman–Crippen LogP) is 2.52. The number of benzene rings is 1. The number of H-pyrrole nitrogens is 1. The Morgan fingerprint density at radius 1 is 1.21 bits per heavy atom. The van der Waals surface area contributed by atoms with Gasteiger partial charge in [0.05, 0.1) is 25.1 Å². The van der Waals surface area contributed by atoms with E-state index in [1.54, 1.807) is 0 Å². The standard InChI is InChI=1S/C21H30FN5O.ClH/c22-19-5-3-17(4-6-19)21-18(14-24-25-21)16-27(20-2-1-7-23-15-20)9-8-26-10-12-28-13-11-26;/h3-6,14,20,23H,1-2,7-13,15-16H2,(H,24,25);1H. The number of ether oxygens (including phenoxy) is 1. The molecule has 6 nitrogen and oxygen atoms in total. The number of rotatable bonds is 7. The first kappa shape index (κ1) is 22.2. The zero-order chi connectivity index (χ0) is 19.2. The second-order valence-corrected chi connectivity index (χ2v) is 7.70. The van der Waals surface area contributed by atoms with Crippen molar-refractivity contribution in [3.05, 3.63) is 41.8 Å². The molecule has 29 heavy (non-hydrogen) atoms. The van der Waals surface area contributed by atoms with Gasteiger partial charge in [-0.3, -0.25) is 14.9 Å². The molecule has 0 bridgehead atoms. The van der Waals surface area contributed by atoms with Crippen LogP contribution in [0.4, 0.5) is 4.39 Å². The van der Waals surface area contributed by atoms with Crippen molar-refractivity contribution in [2.45, 2.75) is 25.4 Å². The average molecular weight is 424 g/mol. The van der Waals surface area contributed by atoms with Crippen molar-refractivity contribution in [3.63, 3.8) is 0 Å². The molecule has 1 unspecified atom stereocenters. The van der Waals surface area contributed by atoms with Gasteiger partial charge in [0.25, 0.3) is 0 Å². The lowest BCUT2D eigenvalue weighted by atomic mass is 10.0. The fourth-order valence-electron chi connectivity index (χ4n) is 4.15. The summed E-state index contributed by atoms with van der Waals surface area (Å²) in [4.78, 5) is 5.07. The van der Waals surface area contributed by atoms with Crippen LogP contribution in [0.5, 0.6) is 0 Å². The van der Waals surface area contributed by atoms with E-state index in [1.165, 1.54) is 30.5 Å². The molecule has 0 amide bonds. The molecule has 4 rings (SSSR count). The van der Waals surface area contributed by atoms with Crippen LogP contribution in [0, 0.1) is 5.82 Å². The Hall–Kier alpha value is -1.51. The normalized spacial score (nSPS) is 20.6. The zero-order valence-electron chi connectivity index (χ0n) is 16.8. The summed E-state index contributed by atoms with van der Waals surface area (Å²) in [7, 11) is 0. The van der Waals surface area contributed by atoms with Crippen LogP contribution in [0.2, 0.25) is 0 Å². The van der Waals surface area contributed by atoms with Gasteiger partial charge in [-0.05, 0) is 43.7 Å². The number of morpholine rings is 1. The van der Waals surface area contributed by atoms with Gasteiger partial charge < -0.3 is 10.1 Å². The molecule has 2 N–H and O–H groups in total. The SMILES string of the molecule is Cl.Fc1ccc(-c2[nH]ncc2CN(CCN2CCOCC2)C2CCCNC2)cc1. The maximum absolute atomic E-state index is 13.3. The lowest BCUT2D eigenvalue weighted by Gasteiger charge is -2.36. The van der Waals surface area contributed by atoms with Crippen molar-refractivity contribution in [1.29, 1.82) is 0 Å². The molecule has 8 heteroatoms. The summed E-state index contributed by atoms with van der Waals surface area (Å²) in [6.07, 6.45) is 4.35. The van der Waals surface area contributed by atoms with Crippen LogP contribution in [-0.4, -0.2) is 78.5 Å². The van der Waals surface area contributed by atoms with Gasteiger partial charge in [0.2, 0.25) is 0 Å². The molecule has 1 aromatic heterocycles. The number of hydrogen-bond donors (Lipinski definition) is 2. The van der Waals surface area contributed by atoms with Crippen molar-refractivity contribution >= 4 is 12.4 Å². The van der Waals surface area contributed by atoms with Crippen molar-refractivity contribution in [2.75, 3.05) is 52.5 Å². The Labute approximate surface area is 178 Å². The third-order valence-electron chi connectivity index (χ3n) is 5.82. The second-order valence-electron chi connectivity index (χ2n) is 7.70. The molecule has 0 spiro atoms. The van der Waals surface area contributed by atoms with Gasteiger partial charge in [0.1, 0.15) is 5.82 Å². The molecule has 1 atom stereocenters. The van der Waals surface area contributed by atoms with Gasteiger partial charge in [0, 0.05) is 56.4 Å². The molecule has 2 fully saturated rings. The molecule has 1 aromatic carbocycles. The topological polar surface area (TPSA) is 56.4 Å². The summed E-state index contributed by atoms with van der Waals surface area (Å²) in [6.45, 7) is 8.78. The van der Waals surface area contributed by atoms with Gasteiger partial charge >= 0.3 is 0 Å². The lowest BCUT2D eigenvalue weighted by molar-refractivity contribution is 0.0290. The van der Waals surface area contributed by atoms with E-state index in [2.05, 4.69) is 25.3 Å². The average Bonchev–Trinajstić information content (AvgIpc) is 3.21. The van der Waals surface area contributed by atoms with Gasteiger partial charge in [-0.2, -0.15) is 5.10 Å². The van der Waals surface area contributed by atoms with Crippen LogP contribution in [0.3, 0.4) is 0 Å². The first-order valence-electron chi connectivity index (χ1n) is 10.3. The maximum atomic E-state index is 13.3. The number of aromatic nitrogens is 2. The molecule has 2 saturated heterocycles. The molecular formula is C21H31ClFN5O. The van der Waals surface area contributed by atoms with Crippen LogP contribution in [0.25, 0.3) is 11.3 Å². The van der Waals surface area contributed by atoms with Crippen molar-refractivity contribution in [3.8, 4) is 11.3 Å². The van der Waals surface area contributed by atoms with Crippen LogP contribution in [0.1, 0.15) is 18.4 Å². The fourth-order valence-corrected chi connectivity index (χ4v) is 4.15. The highest BCUT2D eigenvalue weighted by atomic mass is 35.5. The van der Waals surface area contributed by atoms with Crippen molar-refractivity contribution in [1.82, 2.24) is 25.3 Å². The highest BCUT2D eigenvalue weighted by Gasteiger charge is 2.23. The Morgan fingerprint density at radius 3 is 2.72 bits per heavy atom. The second kappa shape index (κ2) is 11.0. The highest BCUT2D eigenvalue weighted by molar-refractivity contribution is 5.85. The summed E-state index contributed by atoms with van der Waals surface area (Å²) in [6, 6.07) is 7.16. The highest BCUT2D eigenvalue weighted by Crippen LogP contribution is 2.24. The summed E-state index contributed by atoms with van der Waals surface area (Å²) in [5, 5.41) is 10.9. The van der Waals surface area contributed by atoms with Crippen molar-refractivity contribution in [2.24, 2.45) is 0 Å². The van der Waals surface area contributed by atoms with E-state index in [0.29, 0.717) is 6.04 Å². The van der Waals surface area contributed by atoms with E-state index in [0.717, 1.165) is 70.3 Å². The summed E-state index contributed by atoms with van der Waals surface area (Å²) < 4.78 is 18.8. The third-order valence-corrected chi connectivity index (χ3v) is 5.82. The maximum Gasteiger partial charge on any atom is 0.123 e. The number of nitrogens with one attached hydrogen (secondary N) is 2. The van der Waals surface area contributed by atoms with E-state index in [1.807, 2.05) is 18.3 Å². The summed E-state index contributed by atoms with van der Waals surface area (Å²) >= 11 is 0. The largest absolute Gasteiger partial charge is 0.379 e. The Morgan fingerprint density at radius 2 is 2.00 bits per heavy atom. The minimum Gasteiger partial charge on any atom is -0.379 e. The number of halogens is 2. The van der Waals surface area contributed by atoms with E-state index in [-0.39, 0.29) is 18.2 Å². The minimum absolute atomic E-state index is 0. The monoisotopic (exact) mass is 423 g/mol. The van der Waals surface area contributed by atoms with Crippen LogP contribution in [0.15, 0.2) is 30.5 Å². The first-order chi connectivity index (χ1) is 13.8. The Kier molecular flexibility index (Phi) is 8.44. The van der Waals surface area contributed by atoms with Gasteiger partial charge in [-0.1, -0.05) is 0 Å². The van der Waals surface area contributed by atoms with Crippen LogP contribution < -0.4 is 5.32 Å². The molecule has 3 heterocycles. The summed E-state index contributed by atoms with van der Waals surface area (Å²) in [5.74, 6) is -0.217. The Balaban J connectivity index is 0.00000240. The molecular weight excluding hydrogens is 393 g/mol. The molecule has 0 saturated carbocycles. The van der Waals surface area contributed by atoms with E-state index in [4.69, 9.17) is 4.74 Å². The van der Waals surface area contributed by atoms with Gasteiger partial charge in [0.15, 0.2) is 0 Å². The van der Waals surface area contributed by atoms with Crippen LogP contribution >= 0.6 is 12.4 Å². The molecule has 2 aromatic rings. The third kappa shape index (κ3) is 5.99. The fraction of sp³-hybridized carbons (Fsp3) is 0.571. The predicted molar refractivity (Wildman–Crippen MR) is 115 cm³/mol. The van der Waals surface area contributed by atoms with Gasteiger partial charge in [-0.25, -0.2) is 4.39 Å². The minimum atomic E-state index is -0.217. The first-order valence-corrected chi connectivity index (χ1v) is 10.3. The smallest absolute Gasteiger partial charge is 0.123 e. The van der Waals surface area contributed by atoms with Gasteiger partial charge in [-0.15, -0.1) is 12.4 Å². The van der Waals surface area contributed by atoms with Crippen LogP contribution in [-0.2, 0) is 11.3 Å². The quantitative estimate of drug-likeness (QED) is 0.716. The summed E-state index contributed by atoms with van der Waals surface area (Å²) in [5.41, 5.74) is 3.13. The number of aromatic amines is 1. The zero-order valence-corrected chi connectivity index (χ0v) is 17.6. The van der Waals surface area contributed by atoms with E-state index < -0.39 is 0 Å². The van der Waals surface area contributed by atoms with Crippen molar-refractivity contribution < 1.29 is 9.13 Å². The molecule has 2 aliphatic heterocycles. The number of hydrogen-bond acceptors (Lipinski definition) is 5. The molecule has 160 valence electrons. The Bertz CT molecular complexity index is 729.